The molecule has 67 heavy (non-hydrogen) atoms. The van der Waals surface area contributed by atoms with Crippen molar-refractivity contribution in [3.63, 3.8) is 0 Å². The summed E-state index contributed by atoms with van der Waals surface area (Å²) in [5, 5.41) is 12.0. The van der Waals surface area contributed by atoms with Gasteiger partial charge in [-0.25, -0.2) is 4.99 Å². The van der Waals surface area contributed by atoms with E-state index < -0.39 is 0 Å². The first-order valence-electron chi connectivity index (χ1n) is 23.2. The van der Waals surface area contributed by atoms with Crippen molar-refractivity contribution < 1.29 is 4.42 Å². The van der Waals surface area contributed by atoms with Crippen LogP contribution in [0.2, 0.25) is 0 Å². The zero-order valence-electron chi connectivity index (χ0n) is 36.6. The summed E-state index contributed by atoms with van der Waals surface area (Å²) in [5.74, 6) is 0.716. The lowest BCUT2D eigenvalue weighted by molar-refractivity contribution is 0.532. The predicted molar refractivity (Wildman–Crippen MR) is 284 cm³/mol. The highest BCUT2D eigenvalue weighted by atomic mass is 32.1. The van der Waals surface area contributed by atoms with Gasteiger partial charge in [0.25, 0.3) is 0 Å². The molecular formula is C62H41N3OS. The van der Waals surface area contributed by atoms with Gasteiger partial charge in [-0.1, -0.05) is 153 Å². The Morgan fingerprint density at radius 1 is 0.507 bits per heavy atom. The van der Waals surface area contributed by atoms with Crippen LogP contribution in [0.3, 0.4) is 0 Å². The molecule has 3 aromatic heterocycles. The van der Waals surface area contributed by atoms with Crippen LogP contribution in [0.15, 0.2) is 221 Å². The fourth-order valence-corrected chi connectivity index (χ4v) is 12.1. The summed E-state index contributed by atoms with van der Waals surface area (Å²) in [6.45, 7) is 2.27. The zero-order chi connectivity index (χ0) is 44.2. The Bertz CT molecular complexity index is 4210. The monoisotopic (exact) mass is 875 g/mol. The summed E-state index contributed by atoms with van der Waals surface area (Å²) in [6, 6.07) is 74.7. The van der Waals surface area contributed by atoms with E-state index in [9.17, 15) is 0 Å². The van der Waals surface area contributed by atoms with Crippen molar-refractivity contribution in [3.05, 3.63) is 223 Å². The van der Waals surface area contributed by atoms with E-state index >= 15 is 0 Å². The lowest BCUT2D eigenvalue weighted by Gasteiger charge is -2.30. The topological polar surface area (TPSA) is 42.8 Å². The molecule has 1 aliphatic heterocycles. The SMILES string of the molecule is CCC1C(c2ccc(-n3c4cc5ccccc5cc4c4c5ccccc5ccc43)c3c2oc2ccccc23)=NC(c2ccc3sc4ccccc4c3c2)=NC1c1ccc(-c2ccccc2)cc1. The normalized spacial score (nSPS) is 15.5. The van der Waals surface area contributed by atoms with Gasteiger partial charge in [0.1, 0.15) is 11.2 Å². The third-order valence-electron chi connectivity index (χ3n) is 14.2. The van der Waals surface area contributed by atoms with Crippen LogP contribution in [-0.4, -0.2) is 16.1 Å². The number of amidine groups is 1. The molecule has 0 spiro atoms. The van der Waals surface area contributed by atoms with E-state index in [0.717, 1.165) is 67.8 Å². The molecule has 10 aromatic carbocycles. The fraction of sp³-hybridized carbons (Fsp3) is 0.0645. The zero-order valence-corrected chi connectivity index (χ0v) is 37.5. The van der Waals surface area contributed by atoms with Gasteiger partial charge in [0.05, 0.1) is 33.9 Å². The Morgan fingerprint density at radius 2 is 1.19 bits per heavy atom. The molecule has 0 amide bonds. The highest BCUT2D eigenvalue weighted by molar-refractivity contribution is 7.25. The quantitative estimate of drug-likeness (QED) is 0.164. The fourth-order valence-electron chi connectivity index (χ4n) is 11.0. The molecule has 4 heterocycles. The average Bonchev–Trinajstić information content (AvgIpc) is 4.07. The Morgan fingerprint density at radius 3 is 2.03 bits per heavy atom. The molecular weight excluding hydrogens is 835 g/mol. The summed E-state index contributed by atoms with van der Waals surface area (Å²) in [6.07, 6.45) is 0.839. The standard InChI is InChI=1S/C62H41N3OS/c1-2-44-59(40-26-24-38(25-27-40)37-14-4-3-5-15-37)63-62(43-29-33-56-49(35-43)46-20-11-13-23-55(46)67-56)64-60(44)48-30-32-52(58-47-21-10-12-22-54(47)66-61(48)58)65-51-31-28-39-16-8-9-19-45(39)57(51)50-34-41-17-6-7-18-42(41)36-53(50)65/h3-36,44,59H,2H2,1H3. The summed E-state index contributed by atoms with van der Waals surface area (Å²) >= 11 is 1.83. The number of rotatable bonds is 6. The summed E-state index contributed by atoms with van der Waals surface area (Å²) < 4.78 is 12.2. The highest BCUT2D eigenvalue weighted by Gasteiger charge is 2.34. The Hall–Kier alpha value is -8.12. The third kappa shape index (κ3) is 5.91. The molecule has 0 radical (unpaired) electrons. The number of aromatic nitrogens is 1. The largest absolute Gasteiger partial charge is 0.455 e. The van der Waals surface area contributed by atoms with Gasteiger partial charge in [-0.15, -0.1) is 11.3 Å². The van der Waals surface area contributed by atoms with Gasteiger partial charge in [-0.3, -0.25) is 4.99 Å². The number of thiophene rings is 1. The van der Waals surface area contributed by atoms with Gasteiger partial charge in [-0.05, 0) is 105 Å². The van der Waals surface area contributed by atoms with Crippen LogP contribution < -0.4 is 0 Å². The van der Waals surface area contributed by atoms with Crippen LogP contribution in [0.5, 0.6) is 0 Å². The minimum absolute atomic E-state index is 0.0229. The molecule has 0 saturated heterocycles. The molecule has 13 aromatic rings. The van der Waals surface area contributed by atoms with Crippen molar-refractivity contribution >= 4 is 108 Å². The predicted octanol–water partition coefficient (Wildman–Crippen LogP) is 17.0. The first kappa shape index (κ1) is 38.2. The van der Waals surface area contributed by atoms with E-state index in [-0.39, 0.29) is 12.0 Å². The third-order valence-corrected chi connectivity index (χ3v) is 15.3. The molecule has 316 valence electrons. The van der Waals surface area contributed by atoms with Crippen LogP contribution in [0.1, 0.15) is 36.1 Å². The van der Waals surface area contributed by atoms with E-state index in [0.29, 0.717) is 0 Å². The Kier molecular flexibility index (Phi) is 8.52. The number of nitrogens with zero attached hydrogens (tertiary/aromatic N) is 3. The molecule has 5 heteroatoms. The highest BCUT2D eigenvalue weighted by Crippen LogP contribution is 2.45. The van der Waals surface area contributed by atoms with Crippen LogP contribution in [0.4, 0.5) is 0 Å². The van der Waals surface area contributed by atoms with Gasteiger partial charge >= 0.3 is 0 Å². The lowest BCUT2D eigenvalue weighted by atomic mass is 9.82. The minimum Gasteiger partial charge on any atom is -0.455 e. The van der Waals surface area contributed by atoms with Crippen LogP contribution >= 0.6 is 11.3 Å². The summed E-state index contributed by atoms with van der Waals surface area (Å²) in [5.41, 5.74) is 11.7. The number of benzene rings is 10. The average molecular weight is 876 g/mol. The molecule has 14 rings (SSSR count). The first-order chi connectivity index (χ1) is 33.2. The van der Waals surface area contributed by atoms with Crippen LogP contribution in [0.25, 0.3) is 102 Å². The van der Waals surface area contributed by atoms with Crippen molar-refractivity contribution in [1.82, 2.24) is 4.57 Å². The van der Waals surface area contributed by atoms with Crippen LogP contribution in [0, 0.1) is 5.92 Å². The second-order valence-corrected chi connectivity index (χ2v) is 19.0. The van der Waals surface area contributed by atoms with Crippen molar-refractivity contribution in [3.8, 4) is 16.8 Å². The van der Waals surface area contributed by atoms with Crippen molar-refractivity contribution in [2.24, 2.45) is 15.9 Å². The van der Waals surface area contributed by atoms with Crippen LogP contribution in [-0.2, 0) is 0 Å². The Balaban J connectivity index is 1.02. The second-order valence-electron chi connectivity index (χ2n) is 17.9. The van der Waals surface area contributed by atoms with E-state index in [1.165, 1.54) is 69.2 Å². The Labute approximate surface area is 390 Å². The first-order valence-corrected chi connectivity index (χ1v) is 24.0. The number of hydrogen-bond donors (Lipinski definition) is 0. The number of fused-ring (bicyclic) bond motifs is 12. The molecule has 4 nitrogen and oxygen atoms in total. The van der Waals surface area contributed by atoms with Crippen molar-refractivity contribution in [2.75, 3.05) is 0 Å². The molecule has 0 bridgehead atoms. The van der Waals surface area contributed by atoms with Crippen molar-refractivity contribution in [2.45, 2.75) is 19.4 Å². The van der Waals surface area contributed by atoms with Gasteiger partial charge < -0.3 is 8.98 Å². The maximum absolute atomic E-state index is 7.14. The van der Waals surface area contributed by atoms with E-state index in [4.69, 9.17) is 14.4 Å². The molecule has 0 N–H and O–H groups in total. The molecule has 0 fully saturated rings. The maximum atomic E-state index is 7.14. The second kappa shape index (κ2) is 15.0. The van der Waals surface area contributed by atoms with E-state index in [1.807, 2.05) is 11.3 Å². The lowest BCUT2D eigenvalue weighted by Crippen LogP contribution is -2.28. The van der Waals surface area contributed by atoms with E-state index in [2.05, 4.69) is 218 Å². The number of hydrogen-bond acceptors (Lipinski definition) is 4. The molecule has 2 unspecified atom stereocenters. The smallest absolute Gasteiger partial charge is 0.155 e. The summed E-state index contributed by atoms with van der Waals surface area (Å²) in [7, 11) is 0. The summed E-state index contributed by atoms with van der Waals surface area (Å²) in [4.78, 5) is 11.3. The van der Waals surface area contributed by atoms with Gasteiger partial charge in [0.15, 0.2) is 5.84 Å². The van der Waals surface area contributed by atoms with Crippen molar-refractivity contribution in [1.29, 1.82) is 0 Å². The minimum atomic E-state index is -0.176. The van der Waals surface area contributed by atoms with Gasteiger partial charge in [0, 0.05) is 53.4 Å². The molecule has 1 aliphatic rings. The number of aliphatic imine (C=N–C) groups is 2. The maximum Gasteiger partial charge on any atom is 0.155 e. The molecule has 2 atom stereocenters. The van der Waals surface area contributed by atoms with Gasteiger partial charge in [-0.2, -0.15) is 0 Å². The number of furan rings is 1. The van der Waals surface area contributed by atoms with Gasteiger partial charge in [0.2, 0.25) is 0 Å². The number of para-hydroxylation sites is 1. The molecule has 0 aliphatic carbocycles. The van der Waals surface area contributed by atoms with E-state index in [1.54, 1.807) is 0 Å². The molecule has 0 saturated carbocycles.